The monoisotopic (exact) mass is 299 g/mol. The molecule has 2 aromatic heterocycles. The maximum atomic E-state index is 12.6. The maximum Gasteiger partial charge on any atom is 0.277 e. The summed E-state index contributed by atoms with van der Waals surface area (Å²) in [6, 6.07) is 5.66. The topological polar surface area (TPSA) is 69.1 Å². The van der Waals surface area contributed by atoms with Crippen LogP contribution in [0.2, 0.25) is 0 Å². The van der Waals surface area contributed by atoms with Crippen molar-refractivity contribution in [3.63, 3.8) is 0 Å². The van der Waals surface area contributed by atoms with Gasteiger partial charge in [0.2, 0.25) is 0 Å². The molecule has 0 unspecified atom stereocenters. The molecule has 0 saturated carbocycles. The Morgan fingerprint density at radius 3 is 3.18 bits per heavy atom. The zero-order chi connectivity index (χ0) is 15.1. The molecular weight excluding hydrogens is 282 g/mol. The van der Waals surface area contributed by atoms with Gasteiger partial charge in [0, 0.05) is 17.5 Å². The molecule has 114 valence electrons. The quantitative estimate of drug-likeness (QED) is 0.804. The van der Waals surface area contributed by atoms with Crippen LogP contribution in [0.4, 0.5) is 0 Å². The largest absolute Gasteiger partial charge is 0.497 e. The first-order valence-corrected chi connectivity index (χ1v) is 7.43. The summed E-state index contributed by atoms with van der Waals surface area (Å²) >= 11 is 0. The van der Waals surface area contributed by atoms with Gasteiger partial charge in [-0.15, -0.1) is 0 Å². The number of nitrogens with zero attached hydrogens (tertiary/aromatic N) is 2. The number of rotatable bonds is 3. The fourth-order valence-electron chi connectivity index (χ4n) is 3.03. The molecule has 3 aromatic rings. The number of aromatic amines is 1. The summed E-state index contributed by atoms with van der Waals surface area (Å²) < 4.78 is 12.5. The number of benzene rings is 1. The number of methoxy groups -OCH3 is 1. The SMILES string of the molecule is COc1ccc2[nH]c3c(=O)n(C[C@H]4CCCO4)cnc3c2c1. The van der Waals surface area contributed by atoms with Gasteiger partial charge in [-0.05, 0) is 31.0 Å². The van der Waals surface area contributed by atoms with Gasteiger partial charge in [-0.2, -0.15) is 0 Å². The molecule has 1 fully saturated rings. The van der Waals surface area contributed by atoms with E-state index >= 15 is 0 Å². The fourth-order valence-corrected chi connectivity index (χ4v) is 3.03. The number of hydrogen-bond donors (Lipinski definition) is 1. The zero-order valence-electron chi connectivity index (χ0n) is 12.3. The predicted octanol–water partition coefficient (Wildman–Crippen LogP) is 2.07. The second kappa shape index (κ2) is 5.14. The molecule has 1 aliphatic heterocycles. The van der Waals surface area contributed by atoms with Gasteiger partial charge in [-0.25, -0.2) is 4.98 Å². The third kappa shape index (κ3) is 2.07. The normalized spacial score (nSPS) is 18.3. The highest BCUT2D eigenvalue weighted by atomic mass is 16.5. The highest BCUT2D eigenvalue weighted by Gasteiger charge is 2.18. The fraction of sp³-hybridized carbons (Fsp3) is 0.375. The number of fused-ring (bicyclic) bond motifs is 3. The van der Waals surface area contributed by atoms with Gasteiger partial charge in [-0.1, -0.05) is 0 Å². The number of aromatic nitrogens is 3. The van der Waals surface area contributed by atoms with Gasteiger partial charge in [0.25, 0.3) is 5.56 Å². The molecule has 0 radical (unpaired) electrons. The van der Waals surface area contributed by atoms with Crippen LogP contribution in [0.15, 0.2) is 29.3 Å². The molecule has 3 heterocycles. The first kappa shape index (κ1) is 13.3. The zero-order valence-corrected chi connectivity index (χ0v) is 12.3. The van der Waals surface area contributed by atoms with Gasteiger partial charge < -0.3 is 14.5 Å². The van der Waals surface area contributed by atoms with E-state index in [-0.39, 0.29) is 11.7 Å². The highest BCUT2D eigenvalue weighted by Crippen LogP contribution is 2.25. The molecule has 0 aliphatic carbocycles. The molecule has 0 bridgehead atoms. The number of ether oxygens (including phenoxy) is 2. The first-order valence-electron chi connectivity index (χ1n) is 7.43. The third-order valence-electron chi connectivity index (χ3n) is 4.20. The molecule has 4 rings (SSSR count). The van der Waals surface area contributed by atoms with Crippen molar-refractivity contribution in [1.29, 1.82) is 0 Å². The van der Waals surface area contributed by atoms with Crippen LogP contribution in [0.25, 0.3) is 21.9 Å². The maximum absolute atomic E-state index is 12.6. The summed E-state index contributed by atoms with van der Waals surface area (Å²) in [7, 11) is 1.62. The van der Waals surface area contributed by atoms with Crippen molar-refractivity contribution >= 4 is 21.9 Å². The van der Waals surface area contributed by atoms with Gasteiger partial charge >= 0.3 is 0 Å². The lowest BCUT2D eigenvalue weighted by Crippen LogP contribution is -2.26. The lowest BCUT2D eigenvalue weighted by atomic mass is 10.2. The molecule has 1 aliphatic rings. The second-order valence-corrected chi connectivity index (χ2v) is 5.60. The summed E-state index contributed by atoms with van der Waals surface area (Å²) in [5.41, 5.74) is 2.04. The Hall–Kier alpha value is -2.34. The molecular formula is C16H17N3O3. The molecule has 0 amide bonds. The van der Waals surface area contributed by atoms with Crippen LogP contribution in [0.1, 0.15) is 12.8 Å². The van der Waals surface area contributed by atoms with Crippen molar-refractivity contribution < 1.29 is 9.47 Å². The van der Waals surface area contributed by atoms with Crippen LogP contribution in [0.3, 0.4) is 0 Å². The molecule has 0 spiro atoms. The van der Waals surface area contributed by atoms with Crippen LogP contribution >= 0.6 is 0 Å². The Labute approximate surface area is 126 Å². The van der Waals surface area contributed by atoms with E-state index in [2.05, 4.69) is 9.97 Å². The summed E-state index contributed by atoms with van der Waals surface area (Å²) in [5, 5.41) is 0.899. The van der Waals surface area contributed by atoms with Gasteiger partial charge in [0.05, 0.1) is 26.1 Å². The summed E-state index contributed by atoms with van der Waals surface area (Å²) in [6.07, 6.45) is 3.77. The van der Waals surface area contributed by atoms with Crippen LogP contribution < -0.4 is 10.3 Å². The molecule has 1 saturated heterocycles. The van der Waals surface area contributed by atoms with Crippen molar-refractivity contribution in [3.8, 4) is 5.75 Å². The van der Waals surface area contributed by atoms with Gasteiger partial charge in [0.1, 0.15) is 16.8 Å². The van der Waals surface area contributed by atoms with Crippen LogP contribution in [0.5, 0.6) is 5.75 Å². The van der Waals surface area contributed by atoms with E-state index in [4.69, 9.17) is 9.47 Å². The van der Waals surface area contributed by atoms with Crippen molar-refractivity contribution in [2.24, 2.45) is 0 Å². The predicted molar refractivity (Wildman–Crippen MR) is 83.4 cm³/mol. The summed E-state index contributed by atoms with van der Waals surface area (Å²) in [5.74, 6) is 0.749. The summed E-state index contributed by atoms with van der Waals surface area (Å²) in [4.78, 5) is 20.3. The standard InChI is InChI=1S/C16H17N3O3/c1-21-10-4-5-13-12(7-10)14-15(18-13)16(20)19(9-17-14)8-11-3-2-6-22-11/h4-5,7,9,11,18H,2-3,6,8H2,1H3/t11-/m1/s1. The molecule has 1 N–H and O–H groups in total. The van der Waals surface area contributed by atoms with E-state index in [1.807, 2.05) is 18.2 Å². The molecule has 1 aromatic carbocycles. The minimum absolute atomic E-state index is 0.0596. The van der Waals surface area contributed by atoms with Gasteiger partial charge in [0.15, 0.2) is 0 Å². The van der Waals surface area contributed by atoms with Crippen LogP contribution in [-0.2, 0) is 11.3 Å². The average Bonchev–Trinajstić information content (AvgIpc) is 3.17. The Morgan fingerprint density at radius 2 is 2.41 bits per heavy atom. The van der Waals surface area contributed by atoms with E-state index in [0.29, 0.717) is 17.6 Å². The molecule has 1 atom stereocenters. The number of nitrogens with one attached hydrogen (secondary N) is 1. The Balaban J connectivity index is 1.84. The summed E-state index contributed by atoms with van der Waals surface area (Å²) in [6.45, 7) is 1.34. The lowest BCUT2D eigenvalue weighted by Gasteiger charge is -2.10. The molecule has 22 heavy (non-hydrogen) atoms. The van der Waals surface area contributed by atoms with E-state index in [1.54, 1.807) is 18.0 Å². The van der Waals surface area contributed by atoms with Crippen LogP contribution in [0, 0.1) is 0 Å². The van der Waals surface area contributed by atoms with E-state index in [9.17, 15) is 4.79 Å². The third-order valence-corrected chi connectivity index (χ3v) is 4.20. The highest BCUT2D eigenvalue weighted by molar-refractivity contribution is 6.04. The first-order chi connectivity index (χ1) is 10.8. The Kier molecular flexibility index (Phi) is 3.11. The Morgan fingerprint density at radius 1 is 1.50 bits per heavy atom. The molecule has 6 nitrogen and oxygen atoms in total. The van der Waals surface area contributed by atoms with E-state index in [1.165, 1.54) is 0 Å². The van der Waals surface area contributed by atoms with Crippen LogP contribution in [-0.4, -0.2) is 34.4 Å². The average molecular weight is 299 g/mol. The van der Waals surface area contributed by atoms with E-state index < -0.39 is 0 Å². The second-order valence-electron chi connectivity index (χ2n) is 5.60. The van der Waals surface area contributed by atoms with Crippen molar-refractivity contribution in [2.45, 2.75) is 25.5 Å². The van der Waals surface area contributed by atoms with Crippen molar-refractivity contribution in [2.75, 3.05) is 13.7 Å². The van der Waals surface area contributed by atoms with E-state index in [0.717, 1.165) is 36.1 Å². The number of hydrogen-bond acceptors (Lipinski definition) is 4. The molecule has 6 heteroatoms. The lowest BCUT2D eigenvalue weighted by molar-refractivity contribution is 0.0960. The van der Waals surface area contributed by atoms with Crippen molar-refractivity contribution in [1.82, 2.24) is 14.5 Å². The van der Waals surface area contributed by atoms with Gasteiger partial charge in [-0.3, -0.25) is 9.36 Å². The Bertz CT molecular complexity index is 891. The number of H-pyrrole nitrogens is 1. The minimum Gasteiger partial charge on any atom is -0.497 e. The smallest absolute Gasteiger partial charge is 0.277 e. The van der Waals surface area contributed by atoms with Crippen molar-refractivity contribution in [3.05, 3.63) is 34.9 Å². The minimum atomic E-state index is -0.0596.